The molecule has 3 amide bonds. The molecule has 2 aromatic rings. The van der Waals surface area contributed by atoms with E-state index in [9.17, 15) is 19.5 Å². The van der Waals surface area contributed by atoms with Gasteiger partial charge < -0.3 is 30.1 Å². The number of benzene rings is 2. The van der Waals surface area contributed by atoms with E-state index in [-0.39, 0.29) is 30.2 Å². The summed E-state index contributed by atoms with van der Waals surface area (Å²) in [6, 6.07) is 15.2. The standard InChI is InChI=1S/C31H39N3O6/c1-4-39-23-12-10-21(11-13-23)33-28(36)25-24-14-15-31(40-24)26(25)30(38)34(22(18-35)16-19(2)3)27(31)29(37)32-17-20-8-6-5-7-9-20/h5-13,19,22,24-27,35H,4,14-18H2,1-3H3,(H,32,37)(H,33,36)/t22-,24-,25+,26+,27?,31?/m1/s1. The van der Waals surface area contributed by atoms with Crippen LogP contribution < -0.4 is 15.4 Å². The van der Waals surface area contributed by atoms with Crippen molar-refractivity contribution < 1.29 is 29.0 Å². The number of anilines is 1. The van der Waals surface area contributed by atoms with Crippen LogP contribution in [0.4, 0.5) is 5.69 Å². The second kappa shape index (κ2) is 11.6. The van der Waals surface area contributed by atoms with Gasteiger partial charge in [0.25, 0.3) is 0 Å². The number of likely N-dealkylation sites (tertiary alicyclic amines) is 1. The highest BCUT2D eigenvalue weighted by molar-refractivity contribution is 6.02. The van der Waals surface area contributed by atoms with Crippen LogP contribution in [0.5, 0.6) is 5.75 Å². The zero-order valence-electron chi connectivity index (χ0n) is 23.3. The van der Waals surface area contributed by atoms with Crippen LogP contribution in [0.15, 0.2) is 54.6 Å². The van der Waals surface area contributed by atoms with E-state index in [1.54, 1.807) is 24.3 Å². The summed E-state index contributed by atoms with van der Waals surface area (Å²) in [6.45, 7) is 6.50. The zero-order chi connectivity index (χ0) is 28.4. The molecule has 0 radical (unpaired) electrons. The molecule has 40 heavy (non-hydrogen) atoms. The van der Waals surface area contributed by atoms with Crippen LogP contribution in [0.1, 0.15) is 45.6 Å². The predicted molar refractivity (Wildman–Crippen MR) is 149 cm³/mol. The average molecular weight is 550 g/mol. The number of nitrogens with zero attached hydrogens (tertiary/aromatic N) is 1. The summed E-state index contributed by atoms with van der Waals surface area (Å²) in [6.07, 6.45) is 1.15. The van der Waals surface area contributed by atoms with E-state index in [1.807, 2.05) is 51.1 Å². The lowest BCUT2D eigenvalue weighted by atomic mass is 9.70. The normalized spacial score (nSPS) is 27.5. The first kappa shape index (κ1) is 28.1. The summed E-state index contributed by atoms with van der Waals surface area (Å²) in [4.78, 5) is 43.3. The molecule has 2 aromatic carbocycles. The van der Waals surface area contributed by atoms with Crippen molar-refractivity contribution in [1.29, 1.82) is 0 Å². The van der Waals surface area contributed by atoms with Crippen molar-refractivity contribution in [3.8, 4) is 5.75 Å². The highest BCUT2D eigenvalue weighted by Crippen LogP contribution is 2.59. The molecule has 3 aliphatic heterocycles. The molecule has 0 saturated carbocycles. The van der Waals surface area contributed by atoms with Crippen LogP contribution in [0.2, 0.25) is 0 Å². The van der Waals surface area contributed by atoms with Crippen molar-refractivity contribution in [2.24, 2.45) is 17.8 Å². The molecule has 3 aliphatic rings. The van der Waals surface area contributed by atoms with Crippen molar-refractivity contribution in [1.82, 2.24) is 10.2 Å². The number of carbonyl (C=O) groups excluding carboxylic acids is 3. The third-order valence-corrected chi connectivity index (χ3v) is 8.38. The molecule has 2 unspecified atom stereocenters. The summed E-state index contributed by atoms with van der Waals surface area (Å²) in [5.74, 6) is -1.57. The van der Waals surface area contributed by atoms with Gasteiger partial charge in [0.2, 0.25) is 17.7 Å². The molecule has 2 bridgehead atoms. The van der Waals surface area contributed by atoms with Crippen LogP contribution in [-0.2, 0) is 25.7 Å². The third kappa shape index (κ3) is 5.08. The summed E-state index contributed by atoms with van der Waals surface area (Å²) in [5, 5.41) is 16.3. The van der Waals surface area contributed by atoms with E-state index in [4.69, 9.17) is 9.47 Å². The van der Waals surface area contributed by atoms with Crippen molar-refractivity contribution in [3.05, 3.63) is 60.2 Å². The minimum absolute atomic E-state index is 0.187. The monoisotopic (exact) mass is 549 g/mol. The Kier molecular flexibility index (Phi) is 8.14. The molecule has 3 heterocycles. The van der Waals surface area contributed by atoms with Crippen LogP contribution >= 0.6 is 0 Å². The van der Waals surface area contributed by atoms with Gasteiger partial charge in [-0.1, -0.05) is 44.2 Å². The van der Waals surface area contributed by atoms with Crippen molar-refractivity contribution in [3.63, 3.8) is 0 Å². The molecule has 5 rings (SSSR count). The molecule has 3 saturated heterocycles. The molecule has 3 fully saturated rings. The molecule has 9 nitrogen and oxygen atoms in total. The first-order valence-electron chi connectivity index (χ1n) is 14.2. The third-order valence-electron chi connectivity index (χ3n) is 8.38. The molecule has 0 aromatic heterocycles. The fourth-order valence-corrected chi connectivity index (χ4v) is 6.81. The van der Waals surface area contributed by atoms with Gasteiger partial charge in [0.15, 0.2) is 0 Å². The van der Waals surface area contributed by atoms with E-state index in [1.165, 1.54) is 4.90 Å². The lowest BCUT2D eigenvalue weighted by molar-refractivity contribution is -0.145. The van der Waals surface area contributed by atoms with E-state index in [2.05, 4.69) is 10.6 Å². The van der Waals surface area contributed by atoms with Gasteiger partial charge in [-0.2, -0.15) is 0 Å². The van der Waals surface area contributed by atoms with Gasteiger partial charge >= 0.3 is 0 Å². The summed E-state index contributed by atoms with van der Waals surface area (Å²) >= 11 is 0. The Balaban J connectivity index is 1.43. The Morgan fingerprint density at radius 2 is 1.85 bits per heavy atom. The fourth-order valence-electron chi connectivity index (χ4n) is 6.81. The first-order valence-corrected chi connectivity index (χ1v) is 14.2. The number of aliphatic hydroxyl groups is 1. The van der Waals surface area contributed by atoms with Gasteiger partial charge in [-0.25, -0.2) is 0 Å². The highest BCUT2D eigenvalue weighted by atomic mass is 16.5. The van der Waals surface area contributed by atoms with Gasteiger partial charge in [0.05, 0.1) is 37.2 Å². The van der Waals surface area contributed by atoms with Crippen molar-refractivity contribution >= 4 is 23.4 Å². The van der Waals surface area contributed by atoms with Crippen LogP contribution in [0.3, 0.4) is 0 Å². The van der Waals surface area contributed by atoms with E-state index >= 15 is 0 Å². The fraction of sp³-hybridized carbons (Fsp3) is 0.516. The maximum Gasteiger partial charge on any atom is 0.246 e. The SMILES string of the molecule is CCOc1ccc(NC(=O)[C@@H]2[C@H]3C(=O)N([C@@H](CO)CC(C)C)C(C(=O)NCc4ccccc4)C34CC[C@H]2O4)cc1. The van der Waals surface area contributed by atoms with E-state index in [0.717, 1.165) is 5.56 Å². The lowest BCUT2D eigenvalue weighted by Gasteiger charge is -2.37. The van der Waals surface area contributed by atoms with Gasteiger partial charge in [-0.05, 0) is 61.9 Å². The number of hydrogen-bond acceptors (Lipinski definition) is 6. The minimum Gasteiger partial charge on any atom is -0.494 e. The summed E-state index contributed by atoms with van der Waals surface area (Å²) in [5.41, 5.74) is 0.414. The van der Waals surface area contributed by atoms with Crippen molar-refractivity contribution in [2.45, 2.75) is 70.4 Å². The number of aliphatic hydroxyl groups excluding tert-OH is 1. The van der Waals surface area contributed by atoms with Crippen LogP contribution in [-0.4, -0.2) is 64.7 Å². The lowest BCUT2D eigenvalue weighted by Crippen LogP contribution is -2.58. The van der Waals surface area contributed by atoms with Crippen LogP contribution in [0.25, 0.3) is 0 Å². The second-order valence-electron chi connectivity index (χ2n) is 11.4. The van der Waals surface area contributed by atoms with Gasteiger partial charge in [0, 0.05) is 12.2 Å². The zero-order valence-corrected chi connectivity index (χ0v) is 23.3. The number of rotatable bonds is 11. The topological polar surface area (TPSA) is 117 Å². The number of amides is 3. The molecule has 0 aliphatic carbocycles. The van der Waals surface area contributed by atoms with Gasteiger partial charge in [-0.3, -0.25) is 14.4 Å². The molecule has 9 heteroatoms. The largest absolute Gasteiger partial charge is 0.494 e. The number of hydrogen-bond donors (Lipinski definition) is 3. The average Bonchev–Trinajstić information content (AvgIpc) is 3.59. The summed E-state index contributed by atoms with van der Waals surface area (Å²) < 4.78 is 12.0. The van der Waals surface area contributed by atoms with Crippen LogP contribution in [0, 0.1) is 17.8 Å². The molecular weight excluding hydrogens is 510 g/mol. The van der Waals surface area contributed by atoms with E-state index < -0.39 is 35.6 Å². The molecular formula is C31H39N3O6. The van der Waals surface area contributed by atoms with Gasteiger partial charge in [0.1, 0.15) is 17.4 Å². The summed E-state index contributed by atoms with van der Waals surface area (Å²) in [7, 11) is 0. The highest BCUT2D eigenvalue weighted by Gasteiger charge is 2.75. The second-order valence-corrected chi connectivity index (χ2v) is 11.4. The maximum absolute atomic E-state index is 14.2. The molecule has 6 atom stereocenters. The first-order chi connectivity index (χ1) is 19.3. The Morgan fingerprint density at radius 1 is 1.12 bits per heavy atom. The number of ether oxygens (including phenoxy) is 2. The van der Waals surface area contributed by atoms with Gasteiger partial charge in [-0.15, -0.1) is 0 Å². The maximum atomic E-state index is 14.2. The Morgan fingerprint density at radius 3 is 2.50 bits per heavy atom. The predicted octanol–water partition coefficient (Wildman–Crippen LogP) is 3.12. The number of nitrogens with one attached hydrogen (secondary N) is 2. The number of carbonyl (C=O) groups is 3. The Hall–Kier alpha value is -3.43. The molecule has 3 N–H and O–H groups in total. The van der Waals surface area contributed by atoms with E-state index in [0.29, 0.717) is 43.9 Å². The quantitative estimate of drug-likeness (QED) is 0.397. The minimum atomic E-state index is -1.12. The molecule has 214 valence electrons. The smallest absolute Gasteiger partial charge is 0.246 e. The Bertz CT molecular complexity index is 1220. The Labute approximate surface area is 235 Å². The molecule has 1 spiro atoms. The van der Waals surface area contributed by atoms with Crippen molar-refractivity contribution in [2.75, 3.05) is 18.5 Å². The number of fused-ring (bicyclic) bond motifs is 1.